The smallest absolute Gasteiger partial charge is 0.266 e. The van der Waals surface area contributed by atoms with Crippen molar-refractivity contribution in [2.45, 2.75) is 13.0 Å². The molecule has 150 valence electrons. The summed E-state index contributed by atoms with van der Waals surface area (Å²) in [6.45, 7) is 7.70. The van der Waals surface area contributed by atoms with E-state index >= 15 is 0 Å². The molecule has 1 atom stereocenters. The molecule has 2 rings (SSSR count). The molecule has 1 unspecified atom stereocenters. The average Bonchev–Trinajstić information content (AvgIpc) is 2.53. The Labute approximate surface area is 149 Å². The fraction of sp³-hybridized carbons (Fsp3) is 1.00. The Bertz CT molecular complexity index is 569. The average molecular weight is 405 g/mol. The molecule has 2 fully saturated rings. The van der Waals surface area contributed by atoms with Crippen LogP contribution in [0.5, 0.6) is 0 Å². The molecule has 25 heavy (non-hydrogen) atoms. The second-order valence-electron chi connectivity index (χ2n) is 5.99. The summed E-state index contributed by atoms with van der Waals surface area (Å²) >= 11 is 0. The predicted molar refractivity (Wildman–Crippen MR) is 91.9 cm³/mol. The van der Waals surface area contributed by atoms with Gasteiger partial charge in [0.1, 0.15) is 0 Å². The number of ether oxygens (including phenoxy) is 2. The lowest BCUT2D eigenvalue weighted by molar-refractivity contribution is 0.0241. The first-order valence-electron chi connectivity index (χ1n) is 8.09. The first-order chi connectivity index (χ1) is 11.6. The van der Waals surface area contributed by atoms with E-state index in [4.69, 9.17) is 18.6 Å². The molecule has 0 aromatic rings. The summed E-state index contributed by atoms with van der Waals surface area (Å²) in [5.41, 5.74) is 0. The number of rotatable bonds is 6. The van der Waals surface area contributed by atoms with Crippen molar-refractivity contribution in [1.82, 2.24) is 9.80 Å². The van der Waals surface area contributed by atoms with Crippen LogP contribution in [-0.4, -0.2) is 112 Å². The largest absolute Gasteiger partial charge is 0.379 e. The van der Waals surface area contributed by atoms with Gasteiger partial charge in [0.2, 0.25) is 0 Å². The zero-order valence-corrected chi connectivity index (χ0v) is 16.0. The molecule has 2 N–H and O–H groups in total. The first-order valence-corrected chi connectivity index (χ1v) is 11.3. The van der Waals surface area contributed by atoms with Gasteiger partial charge in [0.25, 0.3) is 20.2 Å². The summed E-state index contributed by atoms with van der Waals surface area (Å²) in [5.74, 6) is -0.389. The standard InChI is InChI=1S/C7H15NO4S.C6H13NO4S/c1-7(6-13(9,10)11)8-2-4-12-5-3-8;8-12(9,10)6-3-7-1-4-11-5-2-7/h7H,2-6H2,1H3,(H,9,10,11);1-6H2,(H,8,9,10). The molecule has 2 aliphatic rings. The minimum atomic E-state index is -3.86. The highest BCUT2D eigenvalue weighted by Crippen LogP contribution is 2.05. The van der Waals surface area contributed by atoms with Crippen LogP contribution >= 0.6 is 0 Å². The predicted octanol–water partition coefficient (Wildman–Crippen LogP) is -1.20. The molecule has 10 nitrogen and oxygen atoms in total. The van der Waals surface area contributed by atoms with Crippen LogP contribution in [0.2, 0.25) is 0 Å². The fourth-order valence-corrected chi connectivity index (χ4v) is 3.81. The molecular weight excluding hydrogens is 376 g/mol. The summed E-state index contributed by atoms with van der Waals surface area (Å²) in [6, 6.07) is -0.140. The Balaban J connectivity index is 0.000000251. The highest BCUT2D eigenvalue weighted by molar-refractivity contribution is 7.86. The molecule has 2 aliphatic heterocycles. The van der Waals surface area contributed by atoms with Gasteiger partial charge in [-0.05, 0) is 6.92 Å². The zero-order chi connectivity index (χ0) is 18.9. The molecule has 2 saturated heterocycles. The lowest BCUT2D eigenvalue weighted by atomic mass is 10.3. The quantitative estimate of drug-likeness (QED) is 0.520. The molecule has 0 spiro atoms. The molecular formula is C13H28N2O8S2. The Morgan fingerprint density at radius 2 is 1.36 bits per heavy atom. The van der Waals surface area contributed by atoms with E-state index < -0.39 is 20.2 Å². The fourth-order valence-electron chi connectivity index (χ4n) is 2.50. The number of hydrogen-bond donors (Lipinski definition) is 2. The van der Waals surface area contributed by atoms with E-state index in [2.05, 4.69) is 0 Å². The minimum absolute atomic E-state index is 0.140. The van der Waals surface area contributed by atoms with E-state index in [1.165, 1.54) is 0 Å². The maximum Gasteiger partial charge on any atom is 0.266 e. The highest BCUT2D eigenvalue weighted by Gasteiger charge is 2.21. The van der Waals surface area contributed by atoms with Gasteiger partial charge in [-0.3, -0.25) is 18.9 Å². The van der Waals surface area contributed by atoms with Gasteiger partial charge in [-0.15, -0.1) is 0 Å². The molecule has 0 aromatic carbocycles. The normalized spacial score (nSPS) is 22.0. The minimum Gasteiger partial charge on any atom is -0.379 e. The van der Waals surface area contributed by atoms with Gasteiger partial charge in [0.15, 0.2) is 0 Å². The lowest BCUT2D eigenvalue weighted by Crippen LogP contribution is -2.44. The monoisotopic (exact) mass is 404 g/mol. The van der Waals surface area contributed by atoms with Crippen molar-refractivity contribution in [2.24, 2.45) is 0 Å². The second-order valence-corrected chi connectivity index (χ2v) is 9.06. The van der Waals surface area contributed by atoms with E-state index in [0.717, 1.165) is 26.2 Å². The summed E-state index contributed by atoms with van der Waals surface area (Å²) in [4.78, 5) is 3.95. The van der Waals surface area contributed by atoms with Crippen LogP contribution in [0.25, 0.3) is 0 Å². The molecule has 0 amide bonds. The van der Waals surface area contributed by atoms with Crippen LogP contribution in [0.4, 0.5) is 0 Å². The van der Waals surface area contributed by atoms with Crippen LogP contribution in [0.1, 0.15) is 6.92 Å². The topological polar surface area (TPSA) is 134 Å². The summed E-state index contributed by atoms with van der Waals surface area (Å²) in [7, 11) is -7.66. The van der Waals surface area contributed by atoms with Crippen molar-refractivity contribution in [3.05, 3.63) is 0 Å². The molecule has 12 heteroatoms. The third-order valence-corrected chi connectivity index (χ3v) is 5.49. The Morgan fingerprint density at radius 3 is 1.80 bits per heavy atom. The van der Waals surface area contributed by atoms with Crippen LogP contribution in [-0.2, 0) is 29.7 Å². The van der Waals surface area contributed by atoms with Crippen molar-refractivity contribution in [3.63, 3.8) is 0 Å². The van der Waals surface area contributed by atoms with Crippen molar-refractivity contribution < 1.29 is 35.4 Å². The molecule has 2 heterocycles. The van der Waals surface area contributed by atoms with Gasteiger partial charge in [0.05, 0.1) is 37.9 Å². The van der Waals surface area contributed by atoms with E-state index in [9.17, 15) is 16.8 Å². The summed E-state index contributed by atoms with van der Waals surface area (Å²) < 4.78 is 69.2. The van der Waals surface area contributed by atoms with Crippen molar-refractivity contribution >= 4 is 20.2 Å². The summed E-state index contributed by atoms with van der Waals surface area (Å²) in [5, 5.41) is 0. The van der Waals surface area contributed by atoms with Crippen LogP contribution in [0.15, 0.2) is 0 Å². The molecule has 0 aliphatic carbocycles. The van der Waals surface area contributed by atoms with E-state index in [-0.39, 0.29) is 17.5 Å². The Morgan fingerprint density at radius 1 is 0.880 bits per heavy atom. The lowest BCUT2D eigenvalue weighted by Gasteiger charge is -2.31. The SMILES string of the molecule is CC(CS(=O)(=O)O)N1CCOCC1.O=S(=O)(O)CCN1CCOCC1. The maximum absolute atomic E-state index is 10.6. The van der Waals surface area contributed by atoms with Crippen molar-refractivity contribution in [1.29, 1.82) is 0 Å². The van der Waals surface area contributed by atoms with Gasteiger partial charge >= 0.3 is 0 Å². The zero-order valence-electron chi connectivity index (χ0n) is 14.4. The van der Waals surface area contributed by atoms with Gasteiger partial charge in [-0.2, -0.15) is 16.8 Å². The third kappa shape index (κ3) is 11.8. The molecule has 0 radical (unpaired) electrons. The maximum atomic E-state index is 10.6. The second kappa shape index (κ2) is 10.7. The number of nitrogens with zero attached hydrogens (tertiary/aromatic N) is 2. The van der Waals surface area contributed by atoms with Crippen LogP contribution in [0.3, 0.4) is 0 Å². The van der Waals surface area contributed by atoms with Crippen LogP contribution < -0.4 is 0 Å². The van der Waals surface area contributed by atoms with Crippen LogP contribution in [0, 0.1) is 0 Å². The van der Waals surface area contributed by atoms with Gasteiger partial charge in [-0.1, -0.05) is 0 Å². The van der Waals surface area contributed by atoms with Gasteiger partial charge in [0, 0.05) is 38.8 Å². The first kappa shape index (κ1) is 22.7. The number of morpholine rings is 2. The summed E-state index contributed by atoms with van der Waals surface area (Å²) in [6.07, 6.45) is 0. The highest BCUT2D eigenvalue weighted by atomic mass is 32.2. The number of hydrogen-bond acceptors (Lipinski definition) is 8. The van der Waals surface area contributed by atoms with Gasteiger partial charge in [-0.25, -0.2) is 0 Å². The molecule has 0 saturated carbocycles. The van der Waals surface area contributed by atoms with Crippen molar-refractivity contribution in [2.75, 3.05) is 70.7 Å². The van der Waals surface area contributed by atoms with E-state index in [1.54, 1.807) is 6.92 Å². The molecule has 0 aromatic heterocycles. The van der Waals surface area contributed by atoms with E-state index in [0.29, 0.717) is 33.0 Å². The van der Waals surface area contributed by atoms with E-state index in [1.807, 2.05) is 9.80 Å². The van der Waals surface area contributed by atoms with Crippen molar-refractivity contribution in [3.8, 4) is 0 Å². The third-order valence-electron chi connectivity index (χ3n) is 3.89. The Hall–Kier alpha value is -0.340. The molecule has 0 bridgehead atoms. The Kier molecular flexibility index (Phi) is 9.74. The van der Waals surface area contributed by atoms with Gasteiger partial charge < -0.3 is 9.47 Å².